The number of aliphatic hydroxyl groups is 2. The molecule has 1 aliphatic rings. The summed E-state index contributed by atoms with van der Waals surface area (Å²) >= 11 is 2.57. The monoisotopic (exact) mass is 532 g/mol. The van der Waals surface area contributed by atoms with E-state index in [9.17, 15) is 10.2 Å². The van der Waals surface area contributed by atoms with Crippen LogP contribution in [0.3, 0.4) is 0 Å². The van der Waals surface area contributed by atoms with Gasteiger partial charge in [0.05, 0.1) is 11.7 Å². The molecule has 30 heavy (non-hydrogen) atoms. The summed E-state index contributed by atoms with van der Waals surface area (Å²) in [6.45, 7) is 13.3. The standard InChI is InChI=1S/C27H49IO2/c1-7-8-9-12-20(2)13-10-17-27(6,30)18-11-14-21(3)15-16-24-19-25(29)22(4)23(5)26(24)28/h12,19,21-23,25-26,29-30H,7-11,13-18H2,1-6H3/b20-12+. The summed E-state index contributed by atoms with van der Waals surface area (Å²) in [7, 11) is 0. The number of rotatable bonds is 14. The molecule has 1 aliphatic carbocycles. The van der Waals surface area contributed by atoms with E-state index in [1.165, 1.54) is 43.3 Å². The van der Waals surface area contributed by atoms with E-state index in [-0.39, 0.29) is 6.10 Å². The third-order valence-electron chi connectivity index (χ3n) is 7.24. The van der Waals surface area contributed by atoms with Gasteiger partial charge in [0.15, 0.2) is 0 Å². The molecule has 0 radical (unpaired) electrons. The van der Waals surface area contributed by atoms with Crippen molar-refractivity contribution in [2.75, 3.05) is 0 Å². The normalized spacial score (nSPS) is 28.2. The molecule has 0 saturated heterocycles. The highest BCUT2D eigenvalue weighted by molar-refractivity contribution is 14.1. The predicted molar refractivity (Wildman–Crippen MR) is 140 cm³/mol. The second-order valence-corrected chi connectivity index (χ2v) is 11.8. The molecule has 0 aromatic heterocycles. The van der Waals surface area contributed by atoms with Crippen LogP contribution in [0.1, 0.15) is 112 Å². The molecule has 0 aliphatic heterocycles. The number of hydrogen-bond donors (Lipinski definition) is 2. The SMILES string of the molecule is CCCC/C=C(\C)CCCC(C)(O)CCCC(C)CCC1=CC(O)C(C)C(C)C1I. The van der Waals surface area contributed by atoms with Crippen molar-refractivity contribution in [2.24, 2.45) is 17.8 Å². The summed E-state index contributed by atoms with van der Waals surface area (Å²) in [6, 6.07) is 0. The van der Waals surface area contributed by atoms with Gasteiger partial charge in [0.25, 0.3) is 0 Å². The molecule has 176 valence electrons. The van der Waals surface area contributed by atoms with Crippen LogP contribution in [-0.4, -0.2) is 25.8 Å². The highest BCUT2D eigenvalue weighted by Gasteiger charge is 2.32. The Morgan fingerprint density at radius 1 is 1.17 bits per heavy atom. The van der Waals surface area contributed by atoms with Gasteiger partial charge in [-0.3, -0.25) is 0 Å². The molecular weight excluding hydrogens is 483 g/mol. The summed E-state index contributed by atoms with van der Waals surface area (Å²) in [5.41, 5.74) is 2.39. The Morgan fingerprint density at radius 3 is 2.50 bits per heavy atom. The van der Waals surface area contributed by atoms with E-state index in [0.29, 0.717) is 21.7 Å². The summed E-state index contributed by atoms with van der Waals surface area (Å²) in [5.74, 6) is 1.56. The third kappa shape index (κ3) is 10.6. The van der Waals surface area contributed by atoms with Gasteiger partial charge in [-0.05, 0) is 76.5 Å². The first-order chi connectivity index (χ1) is 14.1. The van der Waals surface area contributed by atoms with Crippen LogP contribution in [0.25, 0.3) is 0 Å². The lowest BCUT2D eigenvalue weighted by Gasteiger charge is -2.35. The number of unbranched alkanes of at least 4 members (excludes halogenated alkanes) is 2. The fourth-order valence-electron chi connectivity index (χ4n) is 4.52. The average molecular weight is 533 g/mol. The number of hydrogen-bond acceptors (Lipinski definition) is 2. The summed E-state index contributed by atoms with van der Waals surface area (Å²) in [4.78, 5) is 0. The summed E-state index contributed by atoms with van der Waals surface area (Å²) < 4.78 is 0.549. The third-order valence-corrected chi connectivity index (χ3v) is 9.18. The maximum atomic E-state index is 10.7. The molecule has 0 spiro atoms. The number of alkyl halides is 1. The molecule has 0 aromatic carbocycles. The van der Waals surface area contributed by atoms with Gasteiger partial charge < -0.3 is 10.2 Å². The molecule has 6 atom stereocenters. The molecule has 0 aromatic rings. The molecule has 3 heteroatoms. The Kier molecular flexibility index (Phi) is 13.4. The van der Waals surface area contributed by atoms with Gasteiger partial charge in [0.1, 0.15) is 0 Å². The molecular formula is C27H49IO2. The second-order valence-electron chi connectivity index (χ2n) is 10.4. The largest absolute Gasteiger partial charge is 0.390 e. The van der Waals surface area contributed by atoms with Crippen molar-refractivity contribution in [3.63, 3.8) is 0 Å². The van der Waals surface area contributed by atoms with Crippen LogP contribution in [-0.2, 0) is 0 Å². The topological polar surface area (TPSA) is 40.5 Å². The van der Waals surface area contributed by atoms with E-state index in [2.05, 4.69) is 69.4 Å². The van der Waals surface area contributed by atoms with E-state index in [4.69, 9.17) is 0 Å². The van der Waals surface area contributed by atoms with Crippen LogP contribution in [0.4, 0.5) is 0 Å². The number of allylic oxidation sites excluding steroid dienone is 3. The van der Waals surface area contributed by atoms with Gasteiger partial charge in [-0.2, -0.15) is 0 Å². The fourth-order valence-corrected chi connectivity index (χ4v) is 5.69. The van der Waals surface area contributed by atoms with Crippen molar-refractivity contribution in [3.05, 3.63) is 23.3 Å². The molecule has 0 fully saturated rings. The molecule has 0 bridgehead atoms. The molecule has 6 unspecified atom stereocenters. The van der Waals surface area contributed by atoms with E-state index in [0.717, 1.165) is 38.5 Å². The molecule has 2 nitrogen and oxygen atoms in total. The zero-order valence-corrected chi connectivity index (χ0v) is 22.7. The van der Waals surface area contributed by atoms with Crippen molar-refractivity contribution in [2.45, 2.75) is 128 Å². The Hall–Kier alpha value is 0.130. The first-order valence-electron chi connectivity index (χ1n) is 12.5. The predicted octanol–water partition coefficient (Wildman–Crippen LogP) is 8.01. The van der Waals surface area contributed by atoms with Crippen LogP contribution in [0.5, 0.6) is 0 Å². The zero-order chi connectivity index (χ0) is 22.7. The van der Waals surface area contributed by atoms with E-state index in [1.807, 2.05) is 6.92 Å². The van der Waals surface area contributed by atoms with Gasteiger partial charge in [0, 0.05) is 3.92 Å². The zero-order valence-electron chi connectivity index (χ0n) is 20.6. The minimum Gasteiger partial charge on any atom is -0.390 e. The average Bonchev–Trinajstić information content (AvgIpc) is 2.68. The lowest BCUT2D eigenvalue weighted by Crippen LogP contribution is -2.34. The minimum absolute atomic E-state index is 0.281. The highest BCUT2D eigenvalue weighted by Crippen LogP contribution is 2.37. The lowest BCUT2D eigenvalue weighted by molar-refractivity contribution is 0.0365. The maximum absolute atomic E-state index is 10.7. The first kappa shape index (κ1) is 28.2. The quantitative estimate of drug-likeness (QED) is 0.103. The molecule has 0 heterocycles. The minimum atomic E-state index is -0.529. The maximum Gasteiger partial charge on any atom is 0.0752 e. The molecule has 1 rings (SSSR count). The van der Waals surface area contributed by atoms with Crippen LogP contribution < -0.4 is 0 Å². The van der Waals surface area contributed by atoms with E-state index in [1.54, 1.807) is 0 Å². The Balaban J connectivity index is 2.27. The van der Waals surface area contributed by atoms with Gasteiger partial charge in [-0.25, -0.2) is 0 Å². The van der Waals surface area contributed by atoms with Crippen LogP contribution in [0.15, 0.2) is 23.3 Å². The van der Waals surface area contributed by atoms with E-state index >= 15 is 0 Å². The van der Waals surface area contributed by atoms with Crippen molar-refractivity contribution in [3.8, 4) is 0 Å². The van der Waals surface area contributed by atoms with Gasteiger partial charge in [-0.1, -0.05) is 99.3 Å². The Labute approximate surface area is 201 Å². The summed E-state index contributed by atoms with van der Waals surface area (Å²) in [5, 5.41) is 21.0. The number of aliphatic hydroxyl groups excluding tert-OH is 1. The van der Waals surface area contributed by atoms with Crippen LogP contribution in [0, 0.1) is 17.8 Å². The van der Waals surface area contributed by atoms with Crippen LogP contribution in [0.2, 0.25) is 0 Å². The summed E-state index contributed by atoms with van der Waals surface area (Å²) in [6.07, 6.45) is 16.5. The second kappa shape index (κ2) is 14.3. The van der Waals surface area contributed by atoms with Gasteiger partial charge in [-0.15, -0.1) is 0 Å². The van der Waals surface area contributed by atoms with Gasteiger partial charge in [0.2, 0.25) is 0 Å². The fraction of sp³-hybridized carbons (Fsp3) is 0.852. The van der Waals surface area contributed by atoms with E-state index < -0.39 is 5.60 Å². The molecule has 0 saturated carbocycles. The van der Waals surface area contributed by atoms with Crippen molar-refractivity contribution < 1.29 is 10.2 Å². The highest BCUT2D eigenvalue weighted by atomic mass is 127. The Bertz CT molecular complexity index is 537. The van der Waals surface area contributed by atoms with Gasteiger partial charge >= 0.3 is 0 Å². The molecule has 2 N–H and O–H groups in total. The van der Waals surface area contributed by atoms with Crippen molar-refractivity contribution >= 4 is 22.6 Å². The van der Waals surface area contributed by atoms with Crippen molar-refractivity contribution in [1.82, 2.24) is 0 Å². The Morgan fingerprint density at radius 2 is 1.83 bits per heavy atom. The first-order valence-corrected chi connectivity index (χ1v) is 13.7. The van der Waals surface area contributed by atoms with Crippen LogP contribution >= 0.6 is 22.6 Å². The lowest BCUT2D eigenvalue weighted by atomic mass is 9.78. The smallest absolute Gasteiger partial charge is 0.0752 e. The molecule has 0 amide bonds. The van der Waals surface area contributed by atoms with Crippen molar-refractivity contribution in [1.29, 1.82) is 0 Å². The number of halogens is 1.